The van der Waals surface area contributed by atoms with Gasteiger partial charge in [0.1, 0.15) is 6.04 Å². The predicted molar refractivity (Wildman–Crippen MR) is 67.9 cm³/mol. The smallest absolute Gasteiger partial charge is 0.320 e. The lowest BCUT2D eigenvalue weighted by Crippen LogP contribution is -2.45. The van der Waals surface area contributed by atoms with Gasteiger partial charge in [0.25, 0.3) is 0 Å². The number of carboxylic acid groups (broad SMARTS) is 1. The first-order chi connectivity index (χ1) is 7.24. The Morgan fingerprint density at radius 2 is 2.07 bits per heavy atom. The van der Waals surface area contributed by atoms with Crippen LogP contribution in [-0.2, 0) is 4.79 Å². The summed E-state index contributed by atoms with van der Waals surface area (Å²) in [6, 6.07) is -0.00514. The van der Waals surface area contributed by atoms with Gasteiger partial charge in [0, 0.05) is 29.1 Å². The summed E-state index contributed by atoms with van der Waals surface area (Å²) in [5, 5.41) is 12.3. The Morgan fingerprint density at radius 1 is 1.47 bits per heavy atom. The van der Waals surface area contributed by atoms with Crippen LogP contribution in [0.2, 0.25) is 0 Å². The minimum absolute atomic E-state index is 0.357. The molecule has 1 atom stereocenters. The molecule has 0 aliphatic carbocycles. The summed E-state index contributed by atoms with van der Waals surface area (Å²) in [6.07, 6.45) is 1.64. The number of rotatable bonds is 5. The van der Waals surface area contributed by atoms with Gasteiger partial charge >= 0.3 is 5.97 Å². The van der Waals surface area contributed by atoms with Gasteiger partial charge in [0.15, 0.2) is 0 Å². The van der Waals surface area contributed by atoms with Crippen LogP contribution in [0.15, 0.2) is 0 Å². The van der Waals surface area contributed by atoms with E-state index in [2.05, 4.69) is 5.32 Å². The first-order valence-electron chi connectivity index (χ1n) is 5.38. The molecular formula is C10H19NO2S2. The maximum atomic E-state index is 11.0. The molecule has 0 saturated carbocycles. The number of carbonyl (C=O) groups is 1. The second-order valence-corrected chi connectivity index (χ2v) is 5.99. The number of nitrogens with one attached hydrogen (secondary N) is 1. The van der Waals surface area contributed by atoms with Crippen molar-refractivity contribution < 1.29 is 9.90 Å². The Hall–Kier alpha value is 0.130. The molecule has 0 aromatic carbocycles. The number of thioether (sulfide) groups is 2. The quantitative estimate of drug-likeness (QED) is 0.776. The Bertz CT molecular complexity index is 194. The van der Waals surface area contributed by atoms with Crippen LogP contribution in [0.25, 0.3) is 0 Å². The topological polar surface area (TPSA) is 49.3 Å². The van der Waals surface area contributed by atoms with Crippen molar-refractivity contribution in [1.29, 1.82) is 0 Å². The molecule has 0 aromatic heterocycles. The zero-order valence-corrected chi connectivity index (χ0v) is 10.7. The van der Waals surface area contributed by atoms with Gasteiger partial charge in [-0.25, -0.2) is 0 Å². The molecule has 0 amide bonds. The average molecular weight is 249 g/mol. The molecule has 1 saturated heterocycles. The molecule has 88 valence electrons. The fourth-order valence-corrected chi connectivity index (χ4v) is 3.99. The fourth-order valence-electron chi connectivity index (χ4n) is 1.56. The van der Waals surface area contributed by atoms with Crippen molar-refractivity contribution in [2.24, 2.45) is 0 Å². The third-order valence-electron chi connectivity index (χ3n) is 2.32. The highest BCUT2D eigenvalue weighted by atomic mass is 32.2. The minimum atomic E-state index is -0.712. The summed E-state index contributed by atoms with van der Waals surface area (Å²) < 4.78 is 0. The highest BCUT2D eigenvalue weighted by Gasteiger charge is 2.21. The Balaban J connectivity index is 2.37. The van der Waals surface area contributed by atoms with Gasteiger partial charge in [-0.1, -0.05) is 13.3 Å². The van der Waals surface area contributed by atoms with Gasteiger partial charge < -0.3 is 5.11 Å². The maximum absolute atomic E-state index is 11.0. The van der Waals surface area contributed by atoms with Crippen molar-refractivity contribution in [3.8, 4) is 0 Å². The van der Waals surface area contributed by atoms with Crippen LogP contribution < -0.4 is 5.32 Å². The van der Waals surface area contributed by atoms with Crippen molar-refractivity contribution >= 4 is 29.5 Å². The Morgan fingerprint density at radius 3 is 2.53 bits per heavy atom. The molecule has 0 aromatic rings. The van der Waals surface area contributed by atoms with Crippen molar-refractivity contribution in [1.82, 2.24) is 5.32 Å². The second kappa shape index (κ2) is 7.41. The number of aliphatic carboxylic acids is 1. The zero-order valence-electron chi connectivity index (χ0n) is 9.07. The summed E-state index contributed by atoms with van der Waals surface area (Å²) in [6.45, 7) is 2.02. The van der Waals surface area contributed by atoms with Crippen LogP contribution >= 0.6 is 23.5 Å². The SMILES string of the molecule is CCCC(NC1CSCCSC1)C(=O)O. The van der Waals surface area contributed by atoms with E-state index in [0.717, 1.165) is 24.3 Å². The van der Waals surface area contributed by atoms with Crippen molar-refractivity contribution in [2.75, 3.05) is 23.0 Å². The second-order valence-electron chi connectivity index (χ2n) is 3.69. The first-order valence-corrected chi connectivity index (χ1v) is 7.69. The van der Waals surface area contributed by atoms with Crippen LogP contribution in [-0.4, -0.2) is 46.2 Å². The van der Waals surface area contributed by atoms with Crippen LogP contribution in [0.3, 0.4) is 0 Å². The number of hydrogen-bond acceptors (Lipinski definition) is 4. The largest absolute Gasteiger partial charge is 0.480 e. The Labute approximate surface area is 99.8 Å². The normalized spacial score (nSPS) is 20.9. The molecule has 3 nitrogen and oxygen atoms in total. The molecule has 1 unspecified atom stereocenters. The van der Waals surface area contributed by atoms with E-state index in [1.165, 1.54) is 11.5 Å². The molecule has 1 fully saturated rings. The molecular weight excluding hydrogens is 230 g/mol. The van der Waals surface area contributed by atoms with E-state index in [1.807, 2.05) is 30.4 Å². The number of carboxylic acids is 1. The van der Waals surface area contributed by atoms with E-state index in [0.29, 0.717) is 6.04 Å². The predicted octanol–water partition coefficient (Wildman–Crippen LogP) is 1.68. The van der Waals surface area contributed by atoms with Gasteiger partial charge in [-0.05, 0) is 6.42 Å². The van der Waals surface area contributed by atoms with E-state index < -0.39 is 5.97 Å². The summed E-state index contributed by atoms with van der Waals surface area (Å²) >= 11 is 3.84. The average Bonchev–Trinajstić information content (AvgIpc) is 2.45. The van der Waals surface area contributed by atoms with E-state index >= 15 is 0 Å². The third-order valence-corrected chi connectivity index (χ3v) is 4.84. The van der Waals surface area contributed by atoms with Crippen LogP contribution in [0, 0.1) is 0 Å². The van der Waals surface area contributed by atoms with E-state index in [4.69, 9.17) is 5.11 Å². The van der Waals surface area contributed by atoms with E-state index in [9.17, 15) is 4.79 Å². The molecule has 0 spiro atoms. The monoisotopic (exact) mass is 249 g/mol. The lowest BCUT2D eigenvalue weighted by atomic mass is 10.1. The molecule has 1 aliphatic heterocycles. The van der Waals surface area contributed by atoms with Crippen molar-refractivity contribution in [3.05, 3.63) is 0 Å². The highest BCUT2D eigenvalue weighted by molar-refractivity contribution is 8.03. The maximum Gasteiger partial charge on any atom is 0.320 e. The van der Waals surface area contributed by atoms with Crippen LogP contribution in [0.5, 0.6) is 0 Å². The van der Waals surface area contributed by atoms with E-state index in [1.54, 1.807) is 0 Å². The van der Waals surface area contributed by atoms with E-state index in [-0.39, 0.29) is 6.04 Å². The van der Waals surface area contributed by atoms with Crippen molar-refractivity contribution in [3.63, 3.8) is 0 Å². The molecule has 1 aliphatic rings. The molecule has 5 heteroatoms. The van der Waals surface area contributed by atoms with Gasteiger partial charge in [-0.15, -0.1) is 0 Å². The standard InChI is InChI=1S/C10H19NO2S2/c1-2-3-9(10(12)13)11-8-6-14-4-5-15-7-8/h8-9,11H,2-7H2,1H3,(H,12,13). The van der Waals surface area contributed by atoms with Gasteiger partial charge in [0.2, 0.25) is 0 Å². The third kappa shape index (κ3) is 5.13. The minimum Gasteiger partial charge on any atom is -0.480 e. The van der Waals surface area contributed by atoms with Crippen LogP contribution in [0.4, 0.5) is 0 Å². The van der Waals surface area contributed by atoms with Crippen molar-refractivity contribution in [2.45, 2.75) is 31.8 Å². The molecule has 1 heterocycles. The molecule has 0 bridgehead atoms. The molecule has 2 N–H and O–H groups in total. The lowest BCUT2D eigenvalue weighted by Gasteiger charge is -2.20. The summed E-state index contributed by atoms with van der Waals surface area (Å²) in [5.41, 5.74) is 0. The number of hydrogen-bond donors (Lipinski definition) is 2. The highest BCUT2D eigenvalue weighted by Crippen LogP contribution is 2.17. The molecule has 15 heavy (non-hydrogen) atoms. The fraction of sp³-hybridized carbons (Fsp3) is 0.900. The zero-order chi connectivity index (χ0) is 11.1. The molecule has 0 radical (unpaired) electrons. The summed E-state index contributed by atoms with van der Waals surface area (Å²) in [4.78, 5) is 11.0. The summed E-state index contributed by atoms with van der Waals surface area (Å²) in [5.74, 6) is 3.75. The summed E-state index contributed by atoms with van der Waals surface area (Å²) in [7, 11) is 0. The lowest BCUT2D eigenvalue weighted by molar-refractivity contribution is -0.139. The van der Waals surface area contributed by atoms with Gasteiger partial charge in [-0.3, -0.25) is 10.1 Å². The molecule has 1 rings (SSSR count). The Kier molecular flexibility index (Phi) is 6.52. The van der Waals surface area contributed by atoms with Crippen LogP contribution in [0.1, 0.15) is 19.8 Å². The van der Waals surface area contributed by atoms with Gasteiger partial charge in [-0.2, -0.15) is 23.5 Å². The first kappa shape index (κ1) is 13.2. The van der Waals surface area contributed by atoms with Gasteiger partial charge in [0.05, 0.1) is 0 Å².